The Morgan fingerprint density at radius 1 is 1.16 bits per heavy atom. The molecule has 0 fully saturated rings. The van der Waals surface area contributed by atoms with E-state index in [4.69, 9.17) is 11.6 Å². The summed E-state index contributed by atoms with van der Waals surface area (Å²) in [6, 6.07) is 10.1. The maximum atomic E-state index is 12.0. The first-order chi connectivity index (χ1) is 8.97. The van der Waals surface area contributed by atoms with Crippen LogP contribution in [-0.2, 0) is 0 Å². The van der Waals surface area contributed by atoms with Crippen molar-refractivity contribution in [3.63, 3.8) is 0 Å². The van der Waals surface area contributed by atoms with Crippen LogP contribution >= 0.6 is 11.6 Å². The van der Waals surface area contributed by atoms with Crippen molar-refractivity contribution in [1.29, 1.82) is 0 Å². The molecule has 2 aromatic carbocycles. The second-order valence-electron chi connectivity index (χ2n) is 4.44. The molecule has 0 saturated carbocycles. The molecule has 0 aliphatic heterocycles. The number of hydrogen-bond donors (Lipinski definition) is 2. The van der Waals surface area contributed by atoms with Crippen molar-refractivity contribution < 1.29 is 9.90 Å². The number of aromatic hydroxyl groups is 1. The van der Waals surface area contributed by atoms with E-state index in [1.165, 1.54) is 0 Å². The summed E-state index contributed by atoms with van der Waals surface area (Å²) in [5.41, 5.74) is 2.66. The van der Waals surface area contributed by atoms with Gasteiger partial charge in [0.15, 0.2) is 0 Å². The molecule has 0 saturated heterocycles. The lowest BCUT2D eigenvalue weighted by molar-refractivity contribution is 0.102. The first kappa shape index (κ1) is 13.4. The Hall–Kier alpha value is -2.00. The van der Waals surface area contributed by atoms with E-state index in [9.17, 15) is 9.90 Å². The number of nitrogens with one attached hydrogen (secondary N) is 1. The second kappa shape index (κ2) is 5.33. The van der Waals surface area contributed by atoms with Crippen molar-refractivity contribution in [1.82, 2.24) is 0 Å². The fourth-order valence-corrected chi connectivity index (χ4v) is 1.85. The molecule has 4 heteroatoms. The van der Waals surface area contributed by atoms with E-state index < -0.39 is 0 Å². The van der Waals surface area contributed by atoms with Crippen LogP contribution in [0.1, 0.15) is 21.5 Å². The third-order valence-corrected chi connectivity index (χ3v) is 3.25. The van der Waals surface area contributed by atoms with Gasteiger partial charge in [-0.25, -0.2) is 0 Å². The summed E-state index contributed by atoms with van der Waals surface area (Å²) < 4.78 is 0. The molecular weight excluding hydrogens is 262 g/mol. The van der Waals surface area contributed by atoms with Gasteiger partial charge in [-0.2, -0.15) is 0 Å². The monoisotopic (exact) mass is 275 g/mol. The lowest BCUT2D eigenvalue weighted by Gasteiger charge is -2.09. The third-order valence-electron chi connectivity index (χ3n) is 2.82. The van der Waals surface area contributed by atoms with E-state index in [0.29, 0.717) is 16.3 Å². The van der Waals surface area contributed by atoms with Crippen molar-refractivity contribution in [3.05, 3.63) is 58.1 Å². The molecule has 1 amide bonds. The highest BCUT2D eigenvalue weighted by molar-refractivity contribution is 6.31. The molecule has 98 valence electrons. The molecule has 3 nitrogen and oxygen atoms in total. The van der Waals surface area contributed by atoms with Crippen LogP contribution in [0.25, 0.3) is 0 Å². The van der Waals surface area contributed by atoms with Gasteiger partial charge >= 0.3 is 0 Å². The van der Waals surface area contributed by atoms with Gasteiger partial charge < -0.3 is 10.4 Å². The van der Waals surface area contributed by atoms with Crippen molar-refractivity contribution in [2.45, 2.75) is 13.8 Å². The van der Waals surface area contributed by atoms with Gasteiger partial charge in [0.25, 0.3) is 5.91 Å². The minimum atomic E-state index is -0.279. The largest absolute Gasteiger partial charge is 0.506 e. The maximum absolute atomic E-state index is 12.0. The Kier molecular flexibility index (Phi) is 3.76. The molecule has 2 aromatic rings. The van der Waals surface area contributed by atoms with Gasteiger partial charge in [0.1, 0.15) is 5.75 Å². The Morgan fingerprint density at radius 3 is 2.53 bits per heavy atom. The van der Waals surface area contributed by atoms with Crippen molar-refractivity contribution >= 4 is 23.2 Å². The first-order valence-corrected chi connectivity index (χ1v) is 6.22. The third kappa shape index (κ3) is 3.06. The standard InChI is InChI=1S/C15H14ClNO2/c1-9-3-6-13(14(18)7-9)17-15(19)11-4-5-12(16)10(2)8-11/h3-8,18H,1-2H3,(H,17,19). The Labute approximate surface area is 116 Å². The number of amides is 1. The van der Waals surface area contributed by atoms with Gasteiger partial charge in [0.2, 0.25) is 0 Å². The van der Waals surface area contributed by atoms with E-state index in [-0.39, 0.29) is 11.7 Å². The lowest BCUT2D eigenvalue weighted by atomic mass is 10.1. The summed E-state index contributed by atoms with van der Waals surface area (Å²) in [6.07, 6.45) is 0. The number of halogens is 1. The quantitative estimate of drug-likeness (QED) is 0.816. The Morgan fingerprint density at radius 2 is 1.89 bits per heavy atom. The second-order valence-corrected chi connectivity index (χ2v) is 4.85. The first-order valence-electron chi connectivity index (χ1n) is 5.84. The predicted octanol–water partition coefficient (Wildman–Crippen LogP) is 3.91. The van der Waals surface area contributed by atoms with Gasteiger partial charge in [-0.15, -0.1) is 0 Å². The summed E-state index contributed by atoms with van der Waals surface area (Å²) in [7, 11) is 0. The lowest BCUT2D eigenvalue weighted by Crippen LogP contribution is -2.12. The van der Waals surface area contributed by atoms with Crippen LogP contribution in [0.5, 0.6) is 5.75 Å². The van der Waals surface area contributed by atoms with Gasteiger partial charge in [-0.05, 0) is 55.3 Å². The normalized spacial score (nSPS) is 10.3. The van der Waals surface area contributed by atoms with E-state index in [1.54, 1.807) is 30.3 Å². The summed E-state index contributed by atoms with van der Waals surface area (Å²) in [5.74, 6) is -0.224. The summed E-state index contributed by atoms with van der Waals surface area (Å²) in [5, 5.41) is 13.0. The molecule has 2 rings (SSSR count). The van der Waals surface area contributed by atoms with Crippen molar-refractivity contribution in [2.75, 3.05) is 5.32 Å². The summed E-state index contributed by atoms with van der Waals surface area (Å²) >= 11 is 5.92. The van der Waals surface area contributed by atoms with Gasteiger partial charge in [-0.3, -0.25) is 4.79 Å². The SMILES string of the molecule is Cc1ccc(NC(=O)c2ccc(Cl)c(C)c2)c(O)c1. The van der Waals surface area contributed by atoms with Crippen LogP contribution < -0.4 is 5.32 Å². The van der Waals surface area contributed by atoms with Crippen molar-refractivity contribution in [3.8, 4) is 5.75 Å². The minimum Gasteiger partial charge on any atom is -0.506 e. The Balaban J connectivity index is 2.23. The van der Waals surface area contributed by atoms with Crippen LogP contribution in [-0.4, -0.2) is 11.0 Å². The fourth-order valence-electron chi connectivity index (χ4n) is 1.73. The fraction of sp³-hybridized carbons (Fsp3) is 0.133. The number of carbonyl (C=O) groups excluding carboxylic acids is 1. The predicted molar refractivity (Wildman–Crippen MR) is 77.0 cm³/mol. The van der Waals surface area contributed by atoms with Crippen LogP contribution in [0.2, 0.25) is 5.02 Å². The van der Waals surface area contributed by atoms with Gasteiger partial charge in [0, 0.05) is 10.6 Å². The number of benzene rings is 2. The number of phenolic OH excluding ortho intramolecular Hbond substituents is 1. The minimum absolute atomic E-state index is 0.0547. The van der Waals surface area contributed by atoms with Gasteiger partial charge in [0.05, 0.1) is 5.69 Å². The topological polar surface area (TPSA) is 49.3 Å². The van der Waals surface area contributed by atoms with Crippen molar-refractivity contribution in [2.24, 2.45) is 0 Å². The smallest absolute Gasteiger partial charge is 0.255 e. The molecule has 0 spiro atoms. The highest BCUT2D eigenvalue weighted by Crippen LogP contribution is 2.25. The summed E-state index contributed by atoms with van der Waals surface area (Å²) in [4.78, 5) is 12.0. The maximum Gasteiger partial charge on any atom is 0.255 e. The Bertz CT molecular complexity index is 638. The number of hydrogen-bond acceptors (Lipinski definition) is 2. The van der Waals surface area contributed by atoms with E-state index >= 15 is 0 Å². The van der Waals surface area contributed by atoms with E-state index in [1.807, 2.05) is 19.9 Å². The number of rotatable bonds is 2. The molecule has 0 bridgehead atoms. The average Bonchev–Trinajstić information content (AvgIpc) is 2.36. The van der Waals surface area contributed by atoms with E-state index in [2.05, 4.69) is 5.32 Å². The molecule has 0 atom stereocenters. The molecule has 0 aromatic heterocycles. The van der Waals surface area contributed by atoms with Crippen LogP contribution in [0.3, 0.4) is 0 Å². The van der Waals surface area contributed by atoms with Crippen LogP contribution in [0.15, 0.2) is 36.4 Å². The molecule has 0 unspecified atom stereocenters. The number of aryl methyl sites for hydroxylation is 2. The molecule has 2 N–H and O–H groups in total. The number of anilines is 1. The highest BCUT2D eigenvalue weighted by atomic mass is 35.5. The molecule has 0 radical (unpaired) electrons. The zero-order valence-electron chi connectivity index (χ0n) is 10.7. The molecular formula is C15H14ClNO2. The van der Waals surface area contributed by atoms with E-state index in [0.717, 1.165) is 11.1 Å². The zero-order chi connectivity index (χ0) is 14.0. The van der Waals surface area contributed by atoms with Gasteiger partial charge in [-0.1, -0.05) is 17.7 Å². The van der Waals surface area contributed by atoms with Crippen LogP contribution in [0.4, 0.5) is 5.69 Å². The molecule has 0 aliphatic rings. The number of carbonyl (C=O) groups is 1. The average molecular weight is 276 g/mol. The zero-order valence-corrected chi connectivity index (χ0v) is 11.5. The highest BCUT2D eigenvalue weighted by Gasteiger charge is 2.10. The summed E-state index contributed by atoms with van der Waals surface area (Å²) in [6.45, 7) is 3.70. The molecule has 0 heterocycles. The molecule has 19 heavy (non-hydrogen) atoms. The number of phenols is 1. The molecule has 0 aliphatic carbocycles. The van der Waals surface area contributed by atoms with Crippen LogP contribution in [0, 0.1) is 13.8 Å².